The minimum atomic E-state index is -0.939. The van der Waals surface area contributed by atoms with Crippen molar-refractivity contribution in [2.75, 3.05) is 18.4 Å². The van der Waals surface area contributed by atoms with E-state index in [0.717, 1.165) is 0 Å². The molecule has 1 heterocycles. The number of anilines is 1. The molecule has 0 radical (unpaired) electrons. The summed E-state index contributed by atoms with van der Waals surface area (Å²) in [4.78, 5) is 38.3. The van der Waals surface area contributed by atoms with Crippen LogP contribution >= 0.6 is 11.6 Å². The van der Waals surface area contributed by atoms with Crippen LogP contribution in [0.25, 0.3) is 0 Å². The predicted octanol–water partition coefficient (Wildman–Crippen LogP) is 3.90. The molecule has 6 nitrogen and oxygen atoms in total. The van der Waals surface area contributed by atoms with Crippen LogP contribution in [-0.4, -0.2) is 40.9 Å². The zero-order valence-electron chi connectivity index (χ0n) is 16.2. The second kappa shape index (κ2) is 8.30. The van der Waals surface area contributed by atoms with Gasteiger partial charge in [-0.3, -0.25) is 14.4 Å². The van der Waals surface area contributed by atoms with Crippen LogP contribution < -0.4 is 5.32 Å². The fraction of sp³-hybridized carbons (Fsp3) is 0.550. The molecule has 0 aromatic heterocycles. The van der Waals surface area contributed by atoms with Gasteiger partial charge in [-0.2, -0.15) is 0 Å². The van der Waals surface area contributed by atoms with Gasteiger partial charge in [-0.1, -0.05) is 39.3 Å². The van der Waals surface area contributed by atoms with E-state index in [4.69, 9.17) is 11.6 Å². The highest BCUT2D eigenvalue weighted by atomic mass is 35.5. The first-order valence-electron chi connectivity index (χ1n) is 9.19. The minimum absolute atomic E-state index is 0.0927. The topological polar surface area (TPSA) is 86.7 Å². The van der Waals surface area contributed by atoms with E-state index < -0.39 is 11.4 Å². The lowest BCUT2D eigenvalue weighted by Gasteiger charge is -2.28. The number of carboxylic acids is 1. The van der Waals surface area contributed by atoms with Crippen LogP contribution in [0.1, 0.15) is 50.9 Å². The summed E-state index contributed by atoms with van der Waals surface area (Å²) in [5, 5.41) is 12.7. The van der Waals surface area contributed by atoms with Crippen LogP contribution in [0, 0.1) is 17.3 Å². The zero-order valence-corrected chi connectivity index (χ0v) is 17.0. The second-order valence-electron chi connectivity index (χ2n) is 7.93. The van der Waals surface area contributed by atoms with E-state index in [2.05, 4.69) is 5.32 Å². The third kappa shape index (κ3) is 4.61. The fourth-order valence-electron chi connectivity index (χ4n) is 3.42. The molecule has 2 rings (SSSR count). The van der Waals surface area contributed by atoms with Crippen molar-refractivity contribution in [3.05, 3.63) is 28.8 Å². The van der Waals surface area contributed by atoms with Crippen molar-refractivity contribution in [1.29, 1.82) is 0 Å². The molecule has 2 N–H and O–H groups in total. The van der Waals surface area contributed by atoms with Crippen molar-refractivity contribution in [3.63, 3.8) is 0 Å². The maximum Gasteiger partial charge on any atom is 0.311 e. The normalized spacial score (nSPS) is 19.6. The molecule has 1 unspecified atom stereocenters. The van der Waals surface area contributed by atoms with Crippen LogP contribution in [0.15, 0.2) is 18.2 Å². The van der Waals surface area contributed by atoms with Gasteiger partial charge in [0.05, 0.1) is 16.0 Å². The average Bonchev–Trinajstić information content (AvgIpc) is 3.02. The molecule has 1 atom stereocenters. The molecule has 0 bridgehead atoms. The molecule has 1 fully saturated rings. The lowest BCUT2D eigenvalue weighted by molar-refractivity contribution is -0.150. The Kier molecular flexibility index (Phi) is 6.52. The molecule has 0 aliphatic carbocycles. The van der Waals surface area contributed by atoms with Crippen molar-refractivity contribution >= 4 is 35.1 Å². The maximum absolute atomic E-state index is 13.0. The summed E-state index contributed by atoms with van der Waals surface area (Å²) in [5.41, 5.74) is -0.171. The zero-order chi connectivity index (χ0) is 20.4. The Bertz CT molecular complexity index is 747. The van der Waals surface area contributed by atoms with Crippen molar-refractivity contribution in [2.45, 2.75) is 40.5 Å². The van der Waals surface area contributed by atoms with E-state index in [1.807, 2.05) is 27.7 Å². The number of nitrogens with one attached hydrogen (secondary N) is 1. The Morgan fingerprint density at radius 2 is 1.93 bits per heavy atom. The molecule has 1 aliphatic rings. The molecule has 1 saturated heterocycles. The summed E-state index contributed by atoms with van der Waals surface area (Å²) < 4.78 is 0. The monoisotopic (exact) mass is 394 g/mol. The number of rotatable bonds is 6. The van der Waals surface area contributed by atoms with Gasteiger partial charge in [0.1, 0.15) is 0 Å². The number of carbonyl (C=O) groups excluding carboxylic acids is 2. The van der Waals surface area contributed by atoms with Gasteiger partial charge in [-0.05, 0) is 36.5 Å². The van der Waals surface area contributed by atoms with E-state index in [0.29, 0.717) is 25.1 Å². The molecule has 1 aliphatic heterocycles. The van der Waals surface area contributed by atoms with Crippen molar-refractivity contribution in [1.82, 2.24) is 4.90 Å². The van der Waals surface area contributed by atoms with Crippen LogP contribution in [-0.2, 0) is 9.59 Å². The van der Waals surface area contributed by atoms with Gasteiger partial charge in [0, 0.05) is 25.2 Å². The Labute approximate surface area is 164 Å². The highest BCUT2D eigenvalue weighted by Gasteiger charge is 2.48. The molecule has 1 aromatic carbocycles. The van der Waals surface area contributed by atoms with Crippen LogP contribution in [0.2, 0.25) is 5.02 Å². The van der Waals surface area contributed by atoms with Gasteiger partial charge >= 0.3 is 5.97 Å². The van der Waals surface area contributed by atoms with Gasteiger partial charge in [0.25, 0.3) is 5.91 Å². The number of halogens is 1. The first kappa shape index (κ1) is 21.2. The smallest absolute Gasteiger partial charge is 0.311 e. The molecule has 27 heavy (non-hydrogen) atoms. The minimum Gasteiger partial charge on any atom is -0.481 e. The van der Waals surface area contributed by atoms with E-state index in [-0.39, 0.29) is 40.8 Å². The van der Waals surface area contributed by atoms with Crippen molar-refractivity contribution < 1.29 is 19.5 Å². The third-order valence-electron chi connectivity index (χ3n) is 5.19. The Balaban J connectivity index is 2.20. The number of likely N-dealkylation sites (tertiary alicyclic amines) is 1. The molecule has 2 amide bonds. The summed E-state index contributed by atoms with van der Waals surface area (Å²) in [5.74, 6) is -1.19. The van der Waals surface area contributed by atoms with E-state index in [9.17, 15) is 19.5 Å². The highest BCUT2D eigenvalue weighted by molar-refractivity contribution is 6.34. The summed E-state index contributed by atoms with van der Waals surface area (Å²) in [6, 6.07) is 4.78. The number of carboxylic acid groups (broad SMARTS) is 1. The van der Waals surface area contributed by atoms with Crippen molar-refractivity contribution in [2.24, 2.45) is 17.3 Å². The summed E-state index contributed by atoms with van der Waals surface area (Å²) in [7, 11) is 0. The lowest BCUT2D eigenvalue weighted by Crippen LogP contribution is -2.40. The maximum atomic E-state index is 13.0. The average molecular weight is 395 g/mol. The van der Waals surface area contributed by atoms with Gasteiger partial charge in [-0.25, -0.2) is 0 Å². The Hall–Kier alpha value is -2.08. The first-order valence-corrected chi connectivity index (χ1v) is 9.56. The van der Waals surface area contributed by atoms with E-state index >= 15 is 0 Å². The molecule has 0 saturated carbocycles. The largest absolute Gasteiger partial charge is 0.481 e. The molecule has 1 aromatic rings. The number of carbonyl (C=O) groups is 3. The van der Waals surface area contributed by atoms with Gasteiger partial charge in [-0.15, -0.1) is 0 Å². The second-order valence-corrected chi connectivity index (χ2v) is 8.34. The number of aliphatic carboxylic acids is 1. The standard InChI is InChI=1S/C20H27ClN2O4/c1-12(2)9-17(24)22-14-5-6-16(21)15(10-14)18(25)23-8-7-20(11-23,13(3)4)19(26)27/h5-6,10,12-13H,7-9,11H2,1-4H3,(H,22,24)(H,26,27). The van der Waals surface area contributed by atoms with Crippen LogP contribution in [0.3, 0.4) is 0 Å². The molecule has 7 heteroatoms. The number of hydrogen-bond acceptors (Lipinski definition) is 3. The summed E-state index contributed by atoms with van der Waals surface area (Å²) in [6.45, 7) is 8.14. The number of benzene rings is 1. The predicted molar refractivity (Wildman–Crippen MR) is 105 cm³/mol. The number of nitrogens with zero attached hydrogens (tertiary/aromatic N) is 1. The Morgan fingerprint density at radius 3 is 2.44 bits per heavy atom. The highest BCUT2D eigenvalue weighted by Crippen LogP contribution is 2.39. The molecular weight excluding hydrogens is 368 g/mol. The molecule has 0 spiro atoms. The first-order chi connectivity index (χ1) is 12.6. The van der Waals surface area contributed by atoms with Crippen LogP contribution in [0.5, 0.6) is 0 Å². The lowest BCUT2D eigenvalue weighted by atomic mass is 9.76. The number of hydrogen-bond donors (Lipinski definition) is 2. The quantitative estimate of drug-likeness (QED) is 0.766. The summed E-state index contributed by atoms with van der Waals surface area (Å²) >= 11 is 6.21. The van der Waals surface area contributed by atoms with Gasteiger partial charge < -0.3 is 15.3 Å². The summed E-state index contributed by atoms with van der Waals surface area (Å²) in [6.07, 6.45) is 0.793. The third-order valence-corrected chi connectivity index (χ3v) is 5.52. The van der Waals surface area contributed by atoms with Crippen molar-refractivity contribution in [3.8, 4) is 0 Å². The SMILES string of the molecule is CC(C)CC(=O)Nc1ccc(Cl)c(C(=O)N2CCC(C(=O)O)(C(C)C)C2)c1. The van der Waals surface area contributed by atoms with E-state index in [1.54, 1.807) is 18.2 Å². The fourth-order valence-corrected chi connectivity index (χ4v) is 3.62. The Morgan fingerprint density at radius 1 is 1.26 bits per heavy atom. The molecule has 148 valence electrons. The number of amides is 2. The van der Waals surface area contributed by atoms with Gasteiger partial charge in [0.2, 0.25) is 5.91 Å². The van der Waals surface area contributed by atoms with E-state index in [1.165, 1.54) is 4.90 Å². The van der Waals surface area contributed by atoms with Crippen LogP contribution in [0.4, 0.5) is 5.69 Å². The molecular formula is C20H27ClN2O4. The van der Waals surface area contributed by atoms with Gasteiger partial charge in [0.15, 0.2) is 0 Å².